The van der Waals surface area contributed by atoms with Crippen LogP contribution in [-0.4, -0.2) is 67.9 Å². The average Bonchev–Trinajstić information content (AvgIpc) is 2.68. The number of aliphatic hydroxyl groups is 2. The molecule has 7 heteroatoms. The molecule has 2 atom stereocenters. The fraction of sp³-hybridized carbons (Fsp3) is 0.650. The lowest BCUT2D eigenvalue weighted by Crippen LogP contribution is -2.55. The smallest absolute Gasteiger partial charge is 0.262 e. The minimum Gasteiger partial charge on any atom is -0.485 e. The summed E-state index contributed by atoms with van der Waals surface area (Å²) in [6, 6.07) is 9.40. The number of quaternary nitrogens is 1. The SMILES string of the molecule is O=C(COc1ccccc1)SCCCC[N+]1(CO)CCCCCC(CO)[SiH2]1. The number of hydrogen-bond donors (Lipinski definition) is 2. The van der Waals surface area contributed by atoms with E-state index in [0.29, 0.717) is 5.54 Å². The van der Waals surface area contributed by atoms with Crippen LogP contribution in [0, 0.1) is 0 Å². The molecule has 2 rings (SSSR count). The summed E-state index contributed by atoms with van der Waals surface area (Å²) in [4.78, 5) is 11.9. The second-order valence-electron chi connectivity index (χ2n) is 7.54. The Kier molecular flexibility index (Phi) is 10.4. The van der Waals surface area contributed by atoms with E-state index < -0.39 is 9.68 Å². The van der Waals surface area contributed by atoms with Gasteiger partial charge in [-0.1, -0.05) is 36.4 Å². The Morgan fingerprint density at radius 3 is 2.74 bits per heavy atom. The van der Waals surface area contributed by atoms with Crippen molar-refractivity contribution >= 4 is 26.6 Å². The molecule has 27 heavy (non-hydrogen) atoms. The minimum absolute atomic E-state index is 0.0610. The van der Waals surface area contributed by atoms with Gasteiger partial charge in [-0.05, 0) is 44.2 Å². The van der Waals surface area contributed by atoms with Crippen molar-refractivity contribution in [2.24, 2.45) is 0 Å². The zero-order chi connectivity index (χ0) is 19.4. The molecule has 1 aromatic carbocycles. The molecule has 1 fully saturated rings. The Morgan fingerprint density at radius 1 is 1.19 bits per heavy atom. The summed E-state index contributed by atoms with van der Waals surface area (Å²) in [5.41, 5.74) is 0.434. The molecule has 1 aliphatic rings. The van der Waals surface area contributed by atoms with Gasteiger partial charge in [0, 0.05) is 17.9 Å². The lowest BCUT2D eigenvalue weighted by Gasteiger charge is -2.41. The second-order valence-corrected chi connectivity index (χ2v) is 11.6. The monoisotopic (exact) mass is 412 g/mol. The van der Waals surface area contributed by atoms with Gasteiger partial charge in [-0.3, -0.25) is 4.79 Å². The first-order chi connectivity index (χ1) is 13.2. The van der Waals surface area contributed by atoms with Crippen molar-refractivity contribution in [2.75, 3.05) is 38.8 Å². The fourth-order valence-corrected chi connectivity index (χ4v) is 7.10. The van der Waals surface area contributed by atoms with E-state index in [4.69, 9.17) is 4.74 Å². The molecule has 1 aliphatic heterocycles. The van der Waals surface area contributed by atoms with Crippen LogP contribution >= 0.6 is 11.8 Å². The fourth-order valence-electron chi connectivity index (χ4n) is 3.77. The molecule has 1 heterocycles. The van der Waals surface area contributed by atoms with Gasteiger partial charge in [0.25, 0.3) is 9.68 Å². The molecule has 0 spiro atoms. The summed E-state index contributed by atoms with van der Waals surface area (Å²) in [5, 5.41) is 19.7. The maximum atomic E-state index is 11.9. The highest BCUT2D eigenvalue weighted by Crippen LogP contribution is 2.24. The van der Waals surface area contributed by atoms with Crippen LogP contribution in [0.4, 0.5) is 0 Å². The Morgan fingerprint density at radius 2 is 2.00 bits per heavy atom. The number of ether oxygens (including phenoxy) is 1. The Bertz CT molecular complexity index is 548. The van der Waals surface area contributed by atoms with Crippen molar-refractivity contribution in [3.05, 3.63) is 30.3 Å². The Balaban J connectivity index is 1.65. The summed E-state index contributed by atoms with van der Waals surface area (Å²) in [7, 11) is -0.571. The molecule has 2 unspecified atom stereocenters. The molecule has 1 saturated heterocycles. The molecule has 0 bridgehead atoms. The summed E-state index contributed by atoms with van der Waals surface area (Å²) < 4.78 is 6.31. The van der Waals surface area contributed by atoms with Crippen LogP contribution in [0.3, 0.4) is 0 Å². The van der Waals surface area contributed by atoms with Crippen LogP contribution in [0.2, 0.25) is 5.54 Å². The molecule has 2 N–H and O–H groups in total. The minimum atomic E-state index is -0.571. The highest BCUT2D eigenvalue weighted by Gasteiger charge is 2.31. The van der Waals surface area contributed by atoms with Crippen molar-refractivity contribution in [1.82, 2.24) is 0 Å². The van der Waals surface area contributed by atoms with E-state index in [9.17, 15) is 15.0 Å². The predicted molar refractivity (Wildman–Crippen MR) is 114 cm³/mol. The predicted octanol–water partition coefficient (Wildman–Crippen LogP) is 2.31. The van der Waals surface area contributed by atoms with Gasteiger partial charge >= 0.3 is 0 Å². The van der Waals surface area contributed by atoms with Gasteiger partial charge in [-0.25, -0.2) is 0 Å². The number of carbonyl (C=O) groups is 1. The molecular weight excluding hydrogens is 378 g/mol. The third kappa shape index (κ3) is 8.35. The van der Waals surface area contributed by atoms with Gasteiger partial charge in [-0.2, -0.15) is 0 Å². The largest absolute Gasteiger partial charge is 0.485 e. The van der Waals surface area contributed by atoms with E-state index in [0.717, 1.165) is 48.0 Å². The number of hydrogen-bond acceptors (Lipinski definition) is 5. The van der Waals surface area contributed by atoms with Crippen LogP contribution in [0.1, 0.15) is 38.5 Å². The third-order valence-corrected chi connectivity index (χ3v) is 9.06. The highest BCUT2D eigenvalue weighted by atomic mass is 32.2. The molecule has 0 amide bonds. The van der Waals surface area contributed by atoms with Crippen LogP contribution in [0.15, 0.2) is 30.3 Å². The third-order valence-electron chi connectivity index (χ3n) is 5.34. The standard InChI is InChI=1S/C20H34NO4SSi/c22-15-19-11-5-2-6-12-21(17-23,27-19)13-7-8-14-26-20(24)16-25-18-9-3-1-4-10-18/h1,3-4,9-10,19,22-23H,2,5-8,11-17,27H2/q+1. The summed E-state index contributed by atoms with van der Waals surface area (Å²) in [5.74, 6) is 1.52. The molecule has 1 aromatic rings. The van der Waals surface area contributed by atoms with E-state index in [1.54, 1.807) is 0 Å². The van der Waals surface area contributed by atoms with Crippen molar-refractivity contribution in [3.63, 3.8) is 0 Å². The molecule has 5 nitrogen and oxygen atoms in total. The summed E-state index contributed by atoms with van der Waals surface area (Å²) in [6.45, 7) is 2.62. The van der Waals surface area contributed by atoms with Crippen molar-refractivity contribution < 1.29 is 23.9 Å². The second kappa shape index (κ2) is 12.6. The van der Waals surface area contributed by atoms with Gasteiger partial charge in [-0.15, -0.1) is 0 Å². The number of thioether (sulfide) groups is 1. The van der Waals surface area contributed by atoms with Gasteiger partial charge in [0.15, 0.2) is 13.3 Å². The first-order valence-electron chi connectivity index (χ1n) is 10.1. The lowest BCUT2D eigenvalue weighted by molar-refractivity contribution is -0.845. The number of para-hydroxylation sites is 1. The van der Waals surface area contributed by atoms with E-state index in [2.05, 4.69) is 0 Å². The van der Waals surface area contributed by atoms with Crippen LogP contribution < -0.4 is 4.74 Å². The van der Waals surface area contributed by atoms with Gasteiger partial charge in [0.2, 0.25) is 5.12 Å². The molecule has 152 valence electrons. The maximum absolute atomic E-state index is 11.9. The topological polar surface area (TPSA) is 66.8 Å². The van der Waals surface area contributed by atoms with Crippen molar-refractivity contribution in [1.29, 1.82) is 0 Å². The highest BCUT2D eigenvalue weighted by molar-refractivity contribution is 8.13. The summed E-state index contributed by atoms with van der Waals surface area (Å²) >= 11 is 1.34. The van der Waals surface area contributed by atoms with Crippen LogP contribution in [-0.2, 0) is 4.79 Å². The number of rotatable bonds is 10. The average molecular weight is 413 g/mol. The van der Waals surface area contributed by atoms with E-state index in [-0.39, 0.29) is 25.1 Å². The zero-order valence-electron chi connectivity index (χ0n) is 16.2. The van der Waals surface area contributed by atoms with Crippen molar-refractivity contribution in [3.8, 4) is 5.75 Å². The number of nitrogens with zero attached hydrogens (tertiary/aromatic N) is 1. The maximum Gasteiger partial charge on any atom is 0.262 e. The van der Waals surface area contributed by atoms with Gasteiger partial charge in [0.05, 0.1) is 13.1 Å². The van der Waals surface area contributed by atoms with E-state index in [1.165, 1.54) is 31.0 Å². The molecular formula is C20H34NO4SSi+. The van der Waals surface area contributed by atoms with Gasteiger partial charge < -0.3 is 19.1 Å². The van der Waals surface area contributed by atoms with Gasteiger partial charge in [0.1, 0.15) is 5.75 Å². The Labute approximate surface area is 169 Å². The molecule has 0 aliphatic carbocycles. The molecule has 0 saturated carbocycles. The quantitative estimate of drug-likeness (QED) is 0.456. The number of benzene rings is 1. The number of carbonyl (C=O) groups excluding carboxylic acids is 1. The number of aliphatic hydroxyl groups excluding tert-OH is 2. The first kappa shape index (κ1) is 22.4. The van der Waals surface area contributed by atoms with E-state index in [1.807, 2.05) is 30.3 Å². The normalized spacial score (nSPS) is 24.3. The molecule has 0 radical (unpaired) electrons. The molecule has 0 aromatic heterocycles. The first-order valence-corrected chi connectivity index (χ1v) is 12.5. The number of unbranched alkanes of at least 4 members (excludes halogenated alkanes) is 1. The Hall–Kier alpha value is -0.863. The van der Waals surface area contributed by atoms with Crippen molar-refractivity contribution in [2.45, 2.75) is 44.1 Å². The van der Waals surface area contributed by atoms with Crippen LogP contribution in [0.25, 0.3) is 0 Å². The zero-order valence-corrected chi connectivity index (χ0v) is 18.5. The summed E-state index contributed by atoms with van der Waals surface area (Å²) in [6.07, 6.45) is 6.71. The lowest BCUT2D eigenvalue weighted by atomic mass is 10.1. The van der Waals surface area contributed by atoms with E-state index >= 15 is 0 Å². The van der Waals surface area contributed by atoms with Crippen LogP contribution in [0.5, 0.6) is 5.75 Å².